The third kappa shape index (κ3) is 2.78. The van der Waals surface area contributed by atoms with E-state index < -0.39 is 10.0 Å². The van der Waals surface area contributed by atoms with E-state index in [4.69, 9.17) is 4.52 Å². The summed E-state index contributed by atoms with van der Waals surface area (Å²) in [5, 5.41) is 4.05. The zero-order valence-electron chi connectivity index (χ0n) is 14.7. The summed E-state index contributed by atoms with van der Waals surface area (Å²) in [7, 11) is -3.53. The van der Waals surface area contributed by atoms with Crippen molar-refractivity contribution >= 4 is 10.0 Å². The lowest BCUT2D eigenvalue weighted by atomic mass is 10.0. The molecule has 2 heterocycles. The monoisotopic (exact) mass is 348 g/mol. The fourth-order valence-corrected chi connectivity index (χ4v) is 5.18. The Morgan fingerprint density at radius 3 is 2.67 bits per heavy atom. The Labute approximate surface area is 143 Å². The molecule has 0 unspecified atom stereocenters. The minimum absolute atomic E-state index is 0.183. The molecular weight excluding hydrogens is 324 g/mol. The van der Waals surface area contributed by atoms with Gasteiger partial charge in [0.1, 0.15) is 5.76 Å². The maximum atomic E-state index is 13.2. The van der Waals surface area contributed by atoms with E-state index in [1.165, 1.54) is 0 Å². The Bertz CT molecular complexity index is 855. The predicted molar refractivity (Wildman–Crippen MR) is 92.4 cm³/mol. The van der Waals surface area contributed by atoms with E-state index in [0.29, 0.717) is 17.9 Å². The molecule has 0 amide bonds. The van der Waals surface area contributed by atoms with Gasteiger partial charge in [-0.15, -0.1) is 0 Å². The second-order valence-corrected chi connectivity index (χ2v) is 8.37. The molecule has 1 aromatic heterocycles. The van der Waals surface area contributed by atoms with E-state index in [9.17, 15) is 8.42 Å². The summed E-state index contributed by atoms with van der Waals surface area (Å²) < 4.78 is 33.4. The molecule has 1 aliphatic rings. The van der Waals surface area contributed by atoms with E-state index in [0.717, 1.165) is 41.0 Å². The largest absolute Gasteiger partial charge is 0.361 e. The van der Waals surface area contributed by atoms with Gasteiger partial charge in [-0.25, -0.2) is 8.42 Å². The highest BCUT2D eigenvalue weighted by molar-refractivity contribution is 7.89. The van der Waals surface area contributed by atoms with E-state index in [1.807, 2.05) is 33.8 Å². The highest BCUT2D eigenvalue weighted by Gasteiger charge is 2.39. The second-order valence-electron chi connectivity index (χ2n) is 6.48. The summed E-state index contributed by atoms with van der Waals surface area (Å²) in [5.41, 5.74) is 3.82. The van der Waals surface area contributed by atoms with Gasteiger partial charge in [0.2, 0.25) is 10.0 Å². The third-order valence-electron chi connectivity index (χ3n) is 4.93. The Balaban J connectivity index is 2.03. The molecule has 1 fully saturated rings. The van der Waals surface area contributed by atoms with Gasteiger partial charge in [0, 0.05) is 18.5 Å². The summed E-state index contributed by atoms with van der Waals surface area (Å²) in [4.78, 5) is 0.365. The summed E-state index contributed by atoms with van der Waals surface area (Å²) in [6.07, 6.45) is 2.37. The fraction of sp³-hybridized carbons (Fsp3) is 0.500. The predicted octanol–water partition coefficient (Wildman–Crippen LogP) is 3.69. The van der Waals surface area contributed by atoms with Crippen molar-refractivity contribution < 1.29 is 12.9 Å². The number of aryl methyl sites for hydroxylation is 4. The number of aromatic nitrogens is 1. The van der Waals surface area contributed by atoms with Crippen LogP contribution in [0.15, 0.2) is 27.6 Å². The number of rotatable bonds is 4. The molecule has 0 N–H and O–H groups in total. The molecule has 2 aromatic rings. The topological polar surface area (TPSA) is 63.4 Å². The highest BCUT2D eigenvalue weighted by Crippen LogP contribution is 2.39. The molecule has 0 radical (unpaired) electrons. The molecular formula is C18H24N2O3S. The van der Waals surface area contributed by atoms with Gasteiger partial charge in [-0.05, 0) is 56.9 Å². The lowest BCUT2D eigenvalue weighted by Gasteiger charge is -2.24. The molecule has 0 saturated carbocycles. The maximum Gasteiger partial charge on any atom is 0.243 e. The normalized spacial score (nSPS) is 19.1. The van der Waals surface area contributed by atoms with Gasteiger partial charge in [0.25, 0.3) is 0 Å². The van der Waals surface area contributed by atoms with E-state index in [-0.39, 0.29) is 6.04 Å². The first kappa shape index (κ1) is 17.2. The van der Waals surface area contributed by atoms with Crippen molar-refractivity contribution in [3.8, 4) is 0 Å². The quantitative estimate of drug-likeness (QED) is 0.845. The Hall–Kier alpha value is -1.66. The third-order valence-corrected chi connectivity index (χ3v) is 6.83. The van der Waals surface area contributed by atoms with Gasteiger partial charge < -0.3 is 4.52 Å². The lowest BCUT2D eigenvalue weighted by Crippen LogP contribution is -2.31. The summed E-state index contributed by atoms with van der Waals surface area (Å²) in [6, 6.07) is 5.16. The molecule has 1 saturated heterocycles. The SMILES string of the molecule is CCc1onc(C)c1[C@@H]1CCCN1S(=O)(=O)c1ccc(C)c(C)c1. The van der Waals surface area contributed by atoms with Crippen LogP contribution >= 0.6 is 0 Å². The molecule has 1 atom stereocenters. The van der Waals surface area contributed by atoms with Gasteiger partial charge in [0.15, 0.2) is 0 Å². The zero-order valence-corrected chi connectivity index (χ0v) is 15.5. The van der Waals surface area contributed by atoms with Crippen molar-refractivity contribution in [3.05, 3.63) is 46.3 Å². The second kappa shape index (κ2) is 6.33. The molecule has 6 heteroatoms. The van der Waals surface area contributed by atoms with Crippen LogP contribution in [-0.4, -0.2) is 24.4 Å². The van der Waals surface area contributed by atoms with E-state index >= 15 is 0 Å². The molecule has 0 aliphatic carbocycles. The molecule has 0 bridgehead atoms. The molecule has 1 aromatic carbocycles. The van der Waals surface area contributed by atoms with Crippen molar-refractivity contribution in [3.63, 3.8) is 0 Å². The first-order valence-electron chi connectivity index (χ1n) is 8.40. The van der Waals surface area contributed by atoms with Gasteiger partial charge in [-0.3, -0.25) is 0 Å². The van der Waals surface area contributed by atoms with E-state index in [2.05, 4.69) is 5.16 Å². The standard InChI is InChI=1S/C18H24N2O3S/c1-5-17-18(14(4)19-23-17)16-7-6-10-20(16)24(21,22)15-9-8-12(2)13(3)11-15/h8-9,11,16H,5-7,10H2,1-4H3/t16-/m0/s1. The van der Waals surface area contributed by atoms with Crippen LogP contribution in [0.4, 0.5) is 0 Å². The number of hydrogen-bond donors (Lipinski definition) is 0. The van der Waals surface area contributed by atoms with Crippen molar-refractivity contribution in [1.29, 1.82) is 0 Å². The molecule has 24 heavy (non-hydrogen) atoms. The average Bonchev–Trinajstić information content (AvgIpc) is 3.15. The number of nitrogens with zero attached hydrogens (tertiary/aromatic N) is 2. The summed E-state index contributed by atoms with van der Waals surface area (Å²) >= 11 is 0. The maximum absolute atomic E-state index is 13.2. The van der Waals surface area contributed by atoms with Gasteiger partial charge in [-0.2, -0.15) is 4.31 Å². The van der Waals surface area contributed by atoms with Crippen LogP contribution in [0.3, 0.4) is 0 Å². The lowest BCUT2D eigenvalue weighted by molar-refractivity contribution is 0.368. The average molecular weight is 348 g/mol. The van der Waals surface area contributed by atoms with Crippen LogP contribution in [0.25, 0.3) is 0 Å². The van der Waals surface area contributed by atoms with Crippen LogP contribution in [0.1, 0.15) is 54.0 Å². The number of benzene rings is 1. The summed E-state index contributed by atoms with van der Waals surface area (Å²) in [6.45, 7) is 8.35. The van der Waals surface area contributed by atoms with Gasteiger partial charge >= 0.3 is 0 Å². The minimum atomic E-state index is -3.53. The molecule has 0 spiro atoms. The molecule has 5 nitrogen and oxygen atoms in total. The van der Waals surface area contributed by atoms with Gasteiger partial charge in [-0.1, -0.05) is 18.1 Å². The van der Waals surface area contributed by atoms with Crippen LogP contribution in [-0.2, 0) is 16.4 Å². The first-order chi connectivity index (χ1) is 11.4. The Kier molecular flexibility index (Phi) is 4.53. The number of hydrogen-bond acceptors (Lipinski definition) is 4. The molecule has 130 valence electrons. The minimum Gasteiger partial charge on any atom is -0.361 e. The van der Waals surface area contributed by atoms with Crippen LogP contribution in [0.2, 0.25) is 0 Å². The van der Waals surface area contributed by atoms with Crippen molar-refractivity contribution in [2.24, 2.45) is 0 Å². The molecule has 1 aliphatic heterocycles. The first-order valence-corrected chi connectivity index (χ1v) is 9.84. The van der Waals surface area contributed by atoms with Gasteiger partial charge in [0.05, 0.1) is 16.6 Å². The van der Waals surface area contributed by atoms with Crippen LogP contribution < -0.4 is 0 Å². The van der Waals surface area contributed by atoms with E-state index in [1.54, 1.807) is 16.4 Å². The smallest absolute Gasteiger partial charge is 0.243 e. The van der Waals surface area contributed by atoms with Crippen LogP contribution in [0, 0.1) is 20.8 Å². The van der Waals surface area contributed by atoms with Crippen LogP contribution in [0.5, 0.6) is 0 Å². The highest BCUT2D eigenvalue weighted by atomic mass is 32.2. The van der Waals surface area contributed by atoms with Crippen molar-refractivity contribution in [2.75, 3.05) is 6.54 Å². The zero-order chi connectivity index (χ0) is 17.5. The Morgan fingerprint density at radius 2 is 2.00 bits per heavy atom. The van der Waals surface area contributed by atoms with Crippen molar-refractivity contribution in [2.45, 2.75) is 57.9 Å². The molecule has 3 rings (SSSR count). The Morgan fingerprint density at radius 1 is 1.25 bits per heavy atom. The fourth-order valence-electron chi connectivity index (χ4n) is 3.43. The number of sulfonamides is 1. The summed E-state index contributed by atoms with van der Waals surface area (Å²) in [5.74, 6) is 0.791. The van der Waals surface area contributed by atoms with Crippen molar-refractivity contribution in [1.82, 2.24) is 9.46 Å².